The molecule has 0 radical (unpaired) electrons. The number of alkyl halides is 6. The van der Waals surface area contributed by atoms with E-state index in [-0.39, 0.29) is 74.9 Å². The quantitative estimate of drug-likeness (QED) is 0.109. The van der Waals surface area contributed by atoms with Crippen molar-refractivity contribution in [3.63, 3.8) is 0 Å². The SMILES string of the molecule is Nc1ccc(OC2CCC(F)(F)CC2)cc1.O=[N+]([O-])c1ccc(F)cc1.O=[N+]([O-])c1ccc(OC2CCC(F)(F)CC2)cc1.OC1CCC(F)(F)CC1. The number of non-ortho nitro benzene ring substituents is 2. The molecular weight excluding hydrogens is 719 g/mol. The van der Waals surface area contributed by atoms with Crippen LogP contribution in [0.5, 0.6) is 11.5 Å². The lowest BCUT2D eigenvalue weighted by Crippen LogP contribution is -2.30. The molecule has 3 aliphatic rings. The zero-order valence-electron chi connectivity index (χ0n) is 28.7. The van der Waals surface area contributed by atoms with Gasteiger partial charge < -0.3 is 20.3 Å². The monoisotopic (exact) mass is 761 g/mol. The molecule has 0 bridgehead atoms. The molecule has 0 unspecified atom stereocenters. The molecule has 292 valence electrons. The second-order valence-corrected chi connectivity index (χ2v) is 13.0. The highest BCUT2D eigenvalue weighted by Gasteiger charge is 2.37. The molecule has 0 amide bonds. The van der Waals surface area contributed by atoms with Crippen LogP contribution in [0.3, 0.4) is 0 Å². The average Bonchev–Trinajstić information content (AvgIpc) is 3.10. The molecule has 0 atom stereocenters. The van der Waals surface area contributed by atoms with E-state index in [1.807, 2.05) is 0 Å². The van der Waals surface area contributed by atoms with Crippen molar-refractivity contribution in [1.29, 1.82) is 0 Å². The number of rotatable bonds is 6. The number of nitrogen functional groups attached to an aromatic ring is 1. The van der Waals surface area contributed by atoms with Crippen LogP contribution in [0.15, 0.2) is 72.8 Å². The number of nitro groups is 2. The summed E-state index contributed by atoms with van der Waals surface area (Å²) in [7, 11) is 0. The van der Waals surface area contributed by atoms with Gasteiger partial charge in [0.2, 0.25) is 17.8 Å². The Morgan fingerprint density at radius 1 is 0.566 bits per heavy atom. The second-order valence-electron chi connectivity index (χ2n) is 13.0. The van der Waals surface area contributed by atoms with Crippen LogP contribution in [0.25, 0.3) is 0 Å². The summed E-state index contributed by atoms with van der Waals surface area (Å²) in [5.74, 6) is -6.86. The van der Waals surface area contributed by atoms with Crippen LogP contribution in [0.1, 0.15) is 77.0 Å². The van der Waals surface area contributed by atoms with Crippen molar-refractivity contribution < 1.29 is 55.2 Å². The van der Waals surface area contributed by atoms with Gasteiger partial charge in [-0.3, -0.25) is 20.2 Å². The Kier molecular flexibility index (Phi) is 15.7. The van der Waals surface area contributed by atoms with E-state index >= 15 is 0 Å². The highest BCUT2D eigenvalue weighted by Crippen LogP contribution is 2.36. The Hall–Kier alpha value is -4.67. The Bertz CT molecular complexity index is 1550. The molecule has 6 rings (SSSR count). The number of aliphatic hydroxyl groups excluding tert-OH is 1. The van der Waals surface area contributed by atoms with Crippen molar-refractivity contribution >= 4 is 17.1 Å². The van der Waals surface area contributed by atoms with Crippen molar-refractivity contribution in [3.05, 3.63) is 98.8 Å². The Morgan fingerprint density at radius 3 is 1.19 bits per heavy atom. The van der Waals surface area contributed by atoms with E-state index in [9.17, 15) is 51.0 Å². The minimum atomic E-state index is -2.57. The average molecular weight is 762 g/mol. The van der Waals surface area contributed by atoms with Gasteiger partial charge in [-0.1, -0.05) is 0 Å². The van der Waals surface area contributed by atoms with Crippen LogP contribution in [0, 0.1) is 26.0 Å². The molecule has 3 N–H and O–H groups in total. The Labute approximate surface area is 301 Å². The Balaban J connectivity index is 0.000000198. The van der Waals surface area contributed by atoms with Crippen LogP contribution in [0.4, 0.5) is 47.8 Å². The summed E-state index contributed by atoms with van der Waals surface area (Å²) < 4.78 is 99.5. The minimum Gasteiger partial charge on any atom is -0.490 e. The van der Waals surface area contributed by atoms with E-state index in [0.29, 0.717) is 42.9 Å². The van der Waals surface area contributed by atoms with Gasteiger partial charge in [0, 0.05) is 68.5 Å². The molecule has 0 heterocycles. The molecule has 0 aromatic heterocycles. The number of hydrogen-bond donors (Lipinski definition) is 2. The standard InChI is InChI=1S/C12H13F2NO3.C12H15F2NO.C6H10F2O.C6H4FNO2/c13-12(14)7-5-11(6-8-12)18-10-3-1-9(2-4-10)15(16)17;13-12(14)7-5-11(6-8-12)16-10-3-1-9(15)2-4-10;7-6(8)3-1-5(9)2-4-6;7-5-1-3-6(4-2-5)8(9)10/h1-4,11H,5-8H2;1-4,11H,5-8,15H2;5,9H,1-4H2;1-4H. The molecule has 0 saturated heterocycles. The second kappa shape index (κ2) is 19.4. The summed E-state index contributed by atoms with van der Waals surface area (Å²) in [5.41, 5.74) is 6.10. The molecule has 3 fully saturated rings. The van der Waals surface area contributed by atoms with Crippen molar-refractivity contribution in [3.8, 4) is 11.5 Å². The summed E-state index contributed by atoms with van der Waals surface area (Å²) in [6.07, 6.45) is 0.388. The van der Waals surface area contributed by atoms with Crippen LogP contribution >= 0.6 is 0 Å². The van der Waals surface area contributed by atoms with Crippen LogP contribution in [-0.4, -0.2) is 51.0 Å². The maximum atomic E-state index is 12.9. The molecule has 3 aliphatic carbocycles. The summed E-state index contributed by atoms with van der Waals surface area (Å²) >= 11 is 0. The zero-order chi connectivity index (χ0) is 39.2. The molecule has 0 spiro atoms. The van der Waals surface area contributed by atoms with E-state index in [0.717, 1.165) is 24.3 Å². The molecular formula is C36H42F7N3O7. The number of benzene rings is 3. The van der Waals surface area contributed by atoms with Crippen molar-refractivity contribution in [2.24, 2.45) is 0 Å². The maximum Gasteiger partial charge on any atom is 0.269 e. The van der Waals surface area contributed by atoms with Gasteiger partial charge in [-0.2, -0.15) is 0 Å². The predicted octanol–water partition coefficient (Wildman–Crippen LogP) is 10.1. The van der Waals surface area contributed by atoms with Crippen LogP contribution in [0.2, 0.25) is 0 Å². The van der Waals surface area contributed by atoms with Crippen LogP contribution in [-0.2, 0) is 0 Å². The lowest BCUT2D eigenvalue weighted by molar-refractivity contribution is -0.385. The number of nitrogens with two attached hydrogens (primary N) is 1. The first kappa shape index (κ1) is 42.7. The number of ether oxygens (including phenoxy) is 2. The third-order valence-electron chi connectivity index (χ3n) is 8.59. The Morgan fingerprint density at radius 2 is 0.868 bits per heavy atom. The lowest BCUT2D eigenvalue weighted by atomic mass is 9.94. The third kappa shape index (κ3) is 16.3. The summed E-state index contributed by atoms with van der Waals surface area (Å²) in [4.78, 5) is 19.4. The number of nitrogens with zero attached hydrogens (tertiary/aromatic N) is 2. The lowest BCUT2D eigenvalue weighted by Gasteiger charge is -2.28. The van der Waals surface area contributed by atoms with E-state index in [1.165, 1.54) is 24.3 Å². The first-order chi connectivity index (χ1) is 24.8. The zero-order valence-corrected chi connectivity index (χ0v) is 28.7. The molecule has 0 aliphatic heterocycles. The molecule has 3 aromatic carbocycles. The van der Waals surface area contributed by atoms with Gasteiger partial charge >= 0.3 is 0 Å². The van der Waals surface area contributed by atoms with Crippen molar-refractivity contribution in [2.45, 2.75) is 113 Å². The van der Waals surface area contributed by atoms with Gasteiger partial charge in [-0.25, -0.2) is 30.7 Å². The molecule has 3 aromatic rings. The topological polar surface area (TPSA) is 151 Å². The summed E-state index contributed by atoms with van der Waals surface area (Å²) in [6.45, 7) is 0. The molecule has 17 heteroatoms. The van der Waals surface area contributed by atoms with Gasteiger partial charge in [0.15, 0.2) is 0 Å². The summed E-state index contributed by atoms with van der Waals surface area (Å²) in [6, 6.07) is 17.0. The van der Waals surface area contributed by atoms with Crippen molar-refractivity contribution in [2.75, 3.05) is 5.73 Å². The largest absolute Gasteiger partial charge is 0.490 e. The molecule has 3 saturated carbocycles. The number of halogens is 7. The fourth-order valence-electron chi connectivity index (χ4n) is 5.43. The van der Waals surface area contributed by atoms with Crippen LogP contribution < -0.4 is 15.2 Å². The fraction of sp³-hybridized carbons (Fsp3) is 0.500. The highest BCUT2D eigenvalue weighted by molar-refractivity contribution is 5.41. The first-order valence-corrected chi connectivity index (χ1v) is 17.0. The number of nitro benzene ring substituents is 2. The van der Waals surface area contributed by atoms with Gasteiger partial charge in [0.1, 0.15) is 17.3 Å². The number of anilines is 1. The summed E-state index contributed by atoms with van der Waals surface area (Å²) in [5, 5.41) is 29.3. The predicted molar refractivity (Wildman–Crippen MR) is 182 cm³/mol. The van der Waals surface area contributed by atoms with Gasteiger partial charge in [0.25, 0.3) is 11.4 Å². The first-order valence-electron chi connectivity index (χ1n) is 17.0. The van der Waals surface area contributed by atoms with E-state index in [4.69, 9.17) is 20.3 Å². The molecule has 53 heavy (non-hydrogen) atoms. The van der Waals surface area contributed by atoms with E-state index in [2.05, 4.69) is 0 Å². The minimum absolute atomic E-state index is 0.0162. The smallest absolute Gasteiger partial charge is 0.269 e. The normalized spacial score (nSPS) is 19.4. The highest BCUT2D eigenvalue weighted by atomic mass is 19.3. The van der Waals surface area contributed by atoms with Crippen molar-refractivity contribution in [1.82, 2.24) is 0 Å². The van der Waals surface area contributed by atoms with Gasteiger partial charge in [-0.05, 0) is 87.1 Å². The van der Waals surface area contributed by atoms with E-state index in [1.54, 1.807) is 24.3 Å². The molecule has 10 nitrogen and oxygen atoms in total. The van der Waals surface area contributed by atoms with Gasteiger partial charge in [0.05, 0.1) is 28.2 Å². The number of hydrogen-bond acceptors (Lipinski definition) is 8. The number of aliphatic hydroxyl groups is 1. The van der Waals surface area contributed by atoms with Gasteiger partial charge in [-0.15, -0.1) is 0 Å². The maximum absolute atomic E-state index is 12.9. The van der Waals surface area contributed by atoms with E-state index < -0.39 is 39.5 Å². The third-order valence-corrected chi connectivity index (χ3v) is 8.59. The fourth-order valence-corrected chi connectivity index (χ4v) is 5.43.